The molecule has 2 atom stereocenters. The molecule has 0 radical (unpaired) electrons. The quantitative estimate of drug-likeness (QED) is 0.879. The lowest BCUT2D eigenvalue weighted by atomic mass is 9.97. The van der Waals surface area contributed by atoms with Crippen LogP contribution in [0.3, 0.4) is 0 Å². The monoisotopic (exact) mass is 266 g/mol. The average Bonchev–Trinajstić information content (AvgIpc) is 2.39. The predicted octanol–water partition coefficient (Wildman–Crippen LogP) is 2.52. The number of halogens is 1. The molecule has 0 aromatic heterocycles. The molecule has 1 fully saturated rings. The van der Waals surface area contributed by atoms with Gasteiger partial charge in [0.15, 0.2) is 0 Å². The van der Waals surface area contributed by atoms with Gasteiger partial charge in [0.1, 0.15) is 11.6 Å². The summed E-state index contributed by atoms with van der Waals surface area (Å²) in [6.45, 7) is 5.15. The van der Waals surface area contributed by atoms with Crippen LogP contribution in [0.4, 0.5) is 4.39 Å². The Bertz CT molecular complexity index is 425. The number of aromatic hydroxyl groups is 1. The molecular weight excluding hydrogens is 243 g/mol. The number of phenolic OH excluding ortho intramolecular Hbond substituents is 1. The van der Waals surface area contributed by atoms with Gasteiger partial charge in [0.05, 0.1) is 0 Å². The van der Waals surface area contributed by atoms with Gasteiger partial charge in [-0.15, -0.1) is 0 Å². The lowest BCUT2D eigenvalue weighted by Gasteiger charge is -2.30. The molecule has 0 bridgehead atoms. The van der Waals surface area contributed by atoms with Gasteiger partial charge in [-0.05, 0) is 64.0 Å². The molecule has 2 N–H and O–H groups in total. The Balaban J connectivity index is 1.90. The van der Waals surface area contributed by atoms with Crippen molar-refractivity contribution in [2.24, 2.45) is 5.92 Å². The van der Waals surface area contributed by atoms with Crippen molar-refractivity contribution in [2.75, 3.05) is 26.7 Å². The van der Waals surface area contributed by atoms with Gasteiger partial charge in [0.2, 0.25) is 0 Å². The van der Waals surface area contributed by atoms with Crippen molar-refractivity contribution in [3.8, 4) is 5.75 Å². The van der Waals surface area contributed by atoms with Crippen molar-refractivity contribution >= 4 is 0 Å². The van der Waals surface area contributed by atoms with Crippen molar-refractivity contribution in [1.82, 2.24) is 10.2 Å². The van der Waals surface area contributed by atoms with Crippen molar-refractivity contribution in [3.05, 3.63) is 29.6 Å². The smallest absolute Gasteiger partial charge is 0.123 e. The summed E-state index contributed by atoms with van der Waals surface area (Å²) in [7, 11) is 2.15. The average molecular weight is 266 g/mol. The maximum atomic E-state index is 13.2. The van der Waals surface area contributed by atoms with Crippen LogP contribution in [-0.2, 0) is 0 Å². The number of nitrogens with zero attached hydrogens (tertiary/aromatic N) is 1. The second-order valence-corrected chi connectivity index (χ2v) is 5.60. The second kappa shape index (κ2) is 6.35. The minimum atomic E-state index is -0.307. The number of phenols is 1. The van der Waals surface area contributed by atoms with Gasteiger partial charge in [-0.1, -0.05) is 0 Å². The van der Waals surface area contributed by atoms with E-state index in [9.17, 15) is 9.50 Å². The minimum absolute atomic E-state index is 0.0390. The van der Waals surface area contributed by atoms with Crippen molar-refractivity contribution in [2.45, 2.75) is 25.8 Å². The number of likely N-dealkylation sites (tertiary alicyclic amines) is 1. The lowest BCUT2D eigenvalue weighted by molar-refractivity contribution is 0.203. The van der Waals surface area contributed by atoms with Crippen LogP contribution in [-0.4, -0.2) is 36.7 Å². The van der Waals surface area contributed by atoms with Gasteiger partial charge in [-0.3, -0.25) is 0 Å². The highest BCUT2D eigenvalue weighted by molar-refractivity contribution is 5.34. The zero-order chi connectivity index (χ0) is 13.8. The van der Waals surface area contributed by atoms with Crippen LogP contribution in [0.1, 0.15) is 31.4 Å². The third-order valence-corrected chi connectivity index (χ3v) is 3.89. The number of benzene rings is 1. The summed E-state index contributed by atoms with van der Waals surface area (Å²) in [5.41, 5.74) is 0.629. The third kappa shape index (κ3) is 3.91. The summed E-state index contributed by atoms with van der Waals surface area (Å²) in [5, 5.41) is 13.2. The Hall–Kier alpha value is -1.13. The maximum Gasteiger partial charge on any atom is 0.123 e. The highest BCUT2D eigenvalue weighted by Crippen LogP contribution is 2.25. The summed E-state index contributed by atoms with van der Waals surface area (Å²) in [5.74, 6) is 0.484. The molecule has 0 saturated carbocycles. The third-order valence-electron chi connectivity index (χ3n) is 3.89. The van der Waals surface area contributed by atoms with Crippen molar-refractivity contribution < 1.29 is 9.50 Å². The maximum absolute atomic E-state index is 13.2. The van der Waals surface area contributed by atoms with E-state index in [0.29, 0.717) is 11.5 Å². The summed E-state index contributed by atoms with van der Waals surface area (Å²) >= 11 is 0. The Morgan fingerprint density at radius 1 is 1.53 bits per heavy atom. The van der Waals surface area contributed by atoms with E-state index in [1.807, 2.05) is 6.92 Å². The molecule has 19 heavy (non-hydrogen) atoms. The molecule has 106 valence electrons. The topological polar surface area (TPSA) is 35.5 Å². The first-order chi connectivity index (χ1) is 9.06. The zero-order valence-corrected chi connectivity index (χ0v) is 11.7. The fraction of sp³-hybridized carbons (Fsp3) is 0.600. The summed E-state index contributed by atoms with van der Waals surface area (Å²) in [6.07, 6.45) is 2.47. The predicted molar refractivity (Wildman–Crippen MR) is 74.7 cm³/mol. The molecule has 2 unspecified atom stereocenters. The minimum Gasteiger partial charge on any atom is -0.508 e. The number of rotatable bonds is 4. The van der Waals surface area contributed by atoms with E-state index < -0.39 is 0 Å². The molecule has 1 saturated heterocycles. The van der Waals surface area contributed by atoms with Crippen LogP contribution < -0.4 is 5.32 Å². The van der Waals surface area contributed by atoms with Gasteiger partial charge in [-0.25, -0.2) is 4.39 Å². The Morgan fingerprint density at radius 3 is 3.05 bits per heavy atom. The fourth-order valence-corrected chi connectivity index (χ4v) is 2.77. The first kappa shape index (κ1) is 14.3. The van der Waals surface area contributed by atoms with Gasteiger partial charge < -0.3 is 15.3 Å². The van der Waals surface area contributed by atoms with Crippen LogP contribution in [0.5, 0.6) is 5.75 Å². The largest absolute Gasteiger partial charge is 0.508 e. The first-order valence-corrected chi connectivity index (χ1v) is 6.96. The molecule has 1 aromatic carbocycles. The lowest BCUT2D eigenvalue weighted by Crippen LogP contribution is -2.38. The number of piperidine rings is 1. The Kier molecular flexibility index (Phi) is 4.77. The SMILES string of the molecule is CC(NCC1CCCN(C)C1)c1cc(F)ccc1O. The molecule has 0 spiro atoms. The Morgan fingerprint density at radius 2 is 2.32 bits per heavy atom. The van der Waals surface area contributed by atoms with Gasteiger partial charge in [-0.2, -0.15) is 0 Å². The van der Waals surface area contributed by atoms with E-state index in [1.54, 1.807) is 0 Å². The van der Waals surface area contributed by atoms with E-state index in [1.165, 1.54) is 37.6 Å². The van der Waals surface area contributed by atoms with E-state index in [2.05, 4.69) is 17.3 Å². The number of hydrogen-bond donors (Lipinski definition) is 2. The van der Waals surface area contributed by atoms with E-state index >= 15 is 0 Å². The molecule has 0 aliphatic carbocycles. The van der Waals surface area contributed by atoms with Crippen LogP contribution in [0.2, 0.25) is 0 Å². The van der Waals surface area contributed by atoms with Gasteiger partial charge in [0.25, 0.3) is 0 Å². The van der Waals surface area contributed by atoms with Crippen LogP contribution >= 0.6 is 0 Å². The summed E-state index contributed by atoms with van der Waals surface area (Å²) in [4.78, 5) is 2.35. The molecule has 1 heterocycles. The number of nitrogens with one attached hydrogen (secondary N) is 1. The molecular formula is C15H23FN2O. The normalized spacial score (nSPS) is 22.4. The van der Waals surface area contributed by atoms with Crippen LogP contribution in [0.15, 0.2) is 18.2 Å². The summed E-state index contributed by atoms with van der Waals surface area (Å²) < 4.78 is 13.2. The van der Waals surface area contributed by atoms with Crippen LogP contribution in [0.25, 0.3) is 0 Å². The van der Waals surface area contributed by atoms with E-state index in [-0.39, 0.29) is 17.6 Å². The second-order valence-electron chi connectivity index (χ2n) is 5.60. The molecule has 1 aliphatic heterocycles. The highest BCUT2D eigenvalue weighted by atomic mass is 19.1. The number of hydrogen-bond acceptors (Lipinski definition) is 3. The molecule has 0 amide bonds. The molecule has 2 rings (SSSR count). The molecule has 3 nitrogen and oxygen atoms in total. The summed E-state index contributed by atoms with van der Waals surface area (Å²) in [6, 6.07) is 4.06. The van der Waals surface area contributed by atoms with Gasteiger partial charge >= 0.3 is 0 Å². The van der Waals surface area contributed by atoms with Crippen LogP contribution in [0, 0.1) is 11.7 Å². The zero-order valence-electron chi connectivity index (χ0n) is 11.7. The standard InChI is InChI=1S/C15H23FN2O/c1-11(14-8-13(16)5-6-15(14)19)17-9-12-4-3-7-18(2)10-12/h5-6,8,11-12,17,19H,3-4,7,9-10H2,1-2H3. The van der Waals surface area contributed by atoms with Crippen molar-refractivity contribution in [3.63, 3.8) is 0 Å². The van der Waals surface area contributed by atoms with Gasteiger partial charge in [0, 0.05) is 18.2 Å². The molecule has 1 aromatic rings. The Labute approximate surface area is 114 Å². The van der Waals surface area contributed by atoms with E-state index in [4.69, 9.17) is 0 Å². The molecule has 4 heteroatoms. The fourth-order valence-electron chi connectivity index (χ4n) is 2.77. The molecule has 1 aliphatic rings. The van der Waals surface area contributed by atoms with Crippen molar-refractivity contribution in [1.29, 1.82) is 0 Å². The first-order valence-electron chi connectivity index (χ1n) is 6.96. The highest BCUT2D eigenvalue weighted by Gasteiger charge is 2.18. The van der Waals surface area contributed by atoms with E-state index in [0.717, 1.165) is 13.1 Å².